The van der Waals surface area contributed by atoms with Crippen molar-refractivity contribution in [2.75, 3.05) is 0 Å². The lowest BCUT2D eigenvalue weighted by Gasteiger charge is -2.06. The fourth-order valence-corrected chi connectivity index (χ4v) is 1.30. The van der Waals surface area contributed by atoms with Gasteiger partial charge in [-0.2, -0.15) is 4.73 Å². The van der Waals surface area contributed by atoms with Crippen LogP contribution in [0.1, 0.15) is 19.9 Å². The van der Waals surface area contributed by atoms with E-state index >= 15 is 0 Å². The van der Waals surface area contributed by atoms with Crippen molar-refractivity contribution in [3.05, 3.63) is 18.1 Å². The summed E-state index contributed by atoms with van der Waals surface area (Å²) in [5, 5.41) is 16.7. The van der Waals surface area contributed by atoms with Gasteiger partial charge in [0.05, 0.1) is 6.33 Å². The number of imidazole rings is 1. The highest BCUT2D eigenvalue weighted by Gasteiger charge is 2.09. The summed E-state index contributed by atoms with van der Waals surface area (Å²) in [7, 11) is 0. The van der Waals surface area contributed by atoms with E-state index in [4.69, 9.17) is 5.41 Å². The molecule has 0 aliphatic carbocycles. The van der Waals surface area contributed by atoms with Crippen molar-refractivity contribution in [1.29, 1.82) is 5.41 Å². The lowest BCUT2D eigenvalue weighted by atomic mass is 10.4. The molecule has 0 aliphatic rings. The van der Waals surface area contributed by atoms with E-state index < -0.39 is 0 Å². The molecule has 0 aliphatic heterocycles. The second-order valence-electron chi connectivity index (χ2n) is 3.36. The molecule has 2 rings (SSSR count). The maximum absolute atomic E-state index is 9.18. The molecule has 0 saturated carbocycles. The molecular weight excluding hydrogens is 182 g/mol. The third kappa shape index (κ3) is 1.07. The number of hydrogen-bond donors (Lipinski definition) is 2. The molecule has 0 amide bonds. The van der Waals surface area contributed by atoms with Gasteiger partial charge in [-0.15, -0.1) is 0 Å². The first-order valence-corrected chi connectivity index (χ1v) is 4.29. The molecule has 2 heterocycles. The minimum Gasteiger partial charge on any atom is -0.425 e. The highest BCUT2D eigenvalue weighted by Crippen LogP contribution is 2.10. The Morgan fingerprint density at radius 2 is 2.07 bits per heavy atom. The lowest BCUT2D eigenvalue weighted by Crippen LogP contribution is -2.18. The standard InChI is InChI=1S/C8H11N5O/c1-5(2)12-3-10-6-7(9)13(14)4-11-8(6)12/h3-5,9,14H,1-2H3. The van der Waals surface area contributed by atoms with Crippen molar-refractivity contribution < 1.29 is 5.21 Å². The Kier molecular flexibility index (Phi) is 1.77. The topological polar surface area (TPSA) is 79.7 Å². The Hall–Kier alpha value is -1.85. The van der Waals surface area contributed by atoms with E-state index in [0.717, 1.165) is 0 Å². The highest BCUT2D eigenvalue weighted by molar-refractivity contribution is 5.68. The van der Waals surface area contributed by atoms with Crippen LogP contribution in [0, 0.1) is 5.41 Å². The van der Waals surface area contributed by atoms with Crippen molar-refractivity contribution in [1.82, 2.24) is 19.3 Å². The molecule has 6 nitrogen and oxygen atoms in total. The molecule has 0 fully saturated rings. The number of hydrogen-bond acceptors (Lipinski definition) is 4. The van der Waals surface area contributed by atoms with E-state index in [2.05, 4.69) is 9.97 Å². The fourth-order valence-electron chi connectivity index (χ4n) is 1.30. The zero-order valence-electron chi connectivity index (χ0n) is 7.97. The summed E-state index contributed by atoms with van der Waals surface area (Å²) in [4.78, 5) is 8.05. The predicted octanol–water partition coefficient (Wildman–Crippen LogP) is 0.530. The summed E-state index contributed by atoms with van der Waals surface area (Å²) in [5.74, 6) is 0. The minimum absolute atomic E-state index is 0.0469. The summed E-state index contributed by atoms with van der Waals surface area (Å²) >= 11 is 0. The SMILES string of the molecule is CC(C)n1cnc2c(=N)n(O)cnc21. The normalized spacial score (nSPS) is 11.4. The van der Waals surface area contributed by atoms with E-state index in [-0.39, 0.29) is 11.5 Å². The summed E-state index contributed by atoms with van der Waals surface area (Å²) in [6.45, 7) is 4.01. The molecule has 0 unspecified atom stereocenters. The van der Waals surface area contributed by atoms with Gasteiger partial charge in [0, 0.05) is 6.04 Å². The molecule has 0 spiro atoms. The van der Waals surface area contributed by atoms with Crippen LogP contribution in [0.25, 0.3) is 11.2 Å². The van der Waals surface area contributed by atoms with Gasteiger partial charge in [-0.05, 0) is 13.8 Å². The Balaban J connectivity index is 2.84. The predicted molar refractivity (Wildman–Crippen MR) is 48.9 cm³/mol. The van der Waals surface area contributed by atoms with Crippen molar-refractivity contribution in [3.63, 3.8) is 0 Å². The molecule has 6 heteroatoms. The van der Waals surface area contributed by atoms with Gasteiger partial charge in [0.1, 0.15) is 6.33 Å². The molecular formula is C8H11N5O. The number of rotatable bonds is 1. The Morgan fingerprint density at radius 1 is 1.36 bits per heavy atom. The smallest absolute Gasteiger partial charge is 0.192 e. The first-order chi connectivity index (χ1) is 6.61. The largest absolute Gasteiger partial charge is 0.425 e. The summed E-state index contributed by atoms with van der Waals surface area (Å²) < 4.78 is 2.51. The van der Waals surface area contributed by atoms with Crippen molar-refractivity contribution in [2.45, 2.75) is 19.9 Å². The van der Waals surface area contributed by atoms with Crippen LogP contribution < -0.4 is 5.49 Å². The van der Waals surface area contributed by atoms with Gasteiger partial charge in [-0.3, -0.25) is 5.41 Å². The van der Waals surface area contributed by atoms with Crippen LogP contribution >= 0.6 is 0 Å². The Morgan fingerprint density at radius 3 is 2.71 bits per heavy atom. The van der Waals surface area contributed by atoms with E-state index in [0.29, 0.717) is 15.9 Å². The highest BCUT2D eigenvalue weighted by atomic mass is 16.5. The van der Waals surface area contributed by atoms with Crippen molar-refractivity contribution in [3.8, 4) is 0 Å². The zero-order chi connectivity index (χ0) is 10.3. The van der Waals surface area contributed by atoms with Crippen molar-refractivity contribution >= 4 is 11.2 Å². The fraction of sp³-hybridized carbons (Fsp3) is 0.375. The van der Waals surface area contributed by atoms with Crippen LogP contribution in [0.4, 0.5) is 0 Å². The third-order valence-electron chi connectivity index (χ3n) is 2.07. The van der Waals surface area contributed by atoms with Crippen molar-refractivity contribution in [2.24, 2.45) is 0 Å². The third-order valence-corrected chi connectivity index (χ3v) is 2.07. The summed E-state index contributed by atoms with van der Waals surface area (Å²) in [6.07, 6.45) is 2.82. The number of aromatic nitrogens is 4. The van der Waals surface area contributed by atoms with Crippen LogP contribution in [-0.2, 0) is 0 Å². The minimum atomic E-state index is -0.0469. The van der Waals surface area contributed by atoms with Crippen LogP contribution in [0.3, 0.4) is 0 Å². The molecule has 0 radical (unpaired) electrons. The van der Waals surface area contributed by atoms with Gasteiger partial charge in [0.2, 0.25) is 0 Å². The Bertz CT molecular complexity index is 524. The molecule has 74 valence electrons. The van der Waals surface area contributed by atoms with E-state index in [1.807, 2.05) is 18.4 Å². The van der Waals surface area contributed by atoms with Crippen LogP contribution in [0.15, 0.2) is 12.7 Å². The molecule has 0 bridgehead atoms. The second kappa shape index (κ2) is 2.83. The summed E-state index contributed by atoms with van der Waals surface area (Å²) in [6, 6.07) is 0.237. The van der Waals surface area contributed by atoms with Crippen LogP contribution in [0.2, 0.25) is 0 Å². The van der Waals surface area contributed by atoms with E-state index in [9.17, 15) is 5.21 Å². The maximum Gasteiger partial charge on any atom is 0.192 e. The van der Waals surface area contributed by atoms with E-state index in [1.165, 1.54) is 6.33 Å². The van der Waals surface area contributed by atoms with E-state index in [1.54, 1.807) is 6.33 Å². The van der Waals surface area contributed by atoms with Gasteiger partial charge in [0.15, 0.2) is 16.7 Å². The van der Waals surface area contributed by atoms with Gasteiger partial charge >= 0.3 is 0 Å². The number of nitrogens with zero attached hydrogens (tertiary/aromatic N) is 4. The summed E-state index contributed by atoms with van der Waals surface area (Å²) in [5.41, 5.74) is 0.980. The molecule has 2 aromatic heterocycles. The molecule has 2 aromatic rings. The van der Waals surface area contributed by atoms with Gasteiger partial charge < -0.3 is 9.77 Å². The quantitative estimate of drug-likeness (QED) is 0.648. The molecule has 14 heavy (non-hydrogen) atoms. The van der Waals surface area contributed by atoms with Crippen LogP contribution in [-0.4, -0.2) is 24.5 Å². The van der Waals surface area contributed by atoms with Gasteiger partial charge in [-0.1, -0.05) is 0 Å². The molecule has 0 aromatic carbocycles. The first kappa shape index (κ1) is 8.74. The Labute approximate surface area is 79.9 Å². The average molecular weight is 193 g/mol. The molecule has 2 N–H and O–H groups in total. The van der Waals surface area contributed by atoms with Gasteiger partial charge in [-0.25, -0.2) is 9.97 Å². The number of nitrogens with one attached hydrogen (secondary N) is 1. The van der Waals surface area contributed by atoms with Gasteiger partial charge in [0.25, 0.3) is 0 Å². The second-order valence-corrected chi connectivity index (χ2v) is 3.36. The molecule has 0 saturated heterocycles. The average Bonchev–Trinajstić information content (AvgIpc) is 2.55. The monoisotopic (exact) mass is 193 g/mol. The number of fused-ring (bicyclic) bond motifs is 1. The molecule has 0 atom stereocenters. The van der Waals surface area contributed by atoms with Crippen LogP contribution in [0.5, 0.6) is 0 Å². The lowest BCUT2D eigenvalue weighted by molar-refractivity contribution is 0.168. The zero-order valence-corrected chi connectivity index (χ0v) is 7.97. The first-order valence-electron chi connectivity index (χ1n) is 4.29. The maximum atomic E-state index is 9.18.